The van der Waals surface area contributed by atoms with Crippen LogP contribution in [0.2, 0.25) is 0 Å². The summed E-state index contributed by atoms with van der Waals surface area (Å²) in [6.45, 7) is 5.21. The number of benzene rings is 2. The number of nitrogen functional groups attached to an aromatic ring is 1. The molecule has 184 valence electrons. The van der Waals surface area contributed by atoms with E-state index in [9.17, 15) is 13.6 Å². The van der Waals surface area contributed by atoms with E-state index in [1.165, 1.54) is 31.6 Å². The number of pyridine rings is 1. The monoisotopic (exact) mass is 488 g/mol. The first-order valence-electron chi connectivity index (χ1n) is 12.2. The lowest BCUT2D eigenvalue weighted by Gasteiger charge is -2.36. The lowest BCUT2D eigenvalue weighted by atomic mass is 10.0. The number of nitrogens with one attached hydrogen (secondary N) is 1. The highest BCUT2D eigenvalue weighted by Gasteiger charge is 2.26. The number of fused-ring (bicyclic) bond motifs is 1. The van der Waals surface area contributed by atoms with E-state index in [-0.39, 0.29) is 28.2 Å². The minimum Gasteiger partial charge on any atom is -0.382 e. The molecule has 36 heavy (non-hydrogen) atoms. The Morgan fingerprint density at radius 3 is 2.44 bits per heavy atom. The van der Waals surface area contributed by atoms with Crippen LogP contribution in [0.4, 0.5) is 20.3 Å². The maximum Gasteiger partial charge on any atom is 0.255 e. The molecule has 0 bridgehead atoms. The van der Waals surface area contributed by atoms with Gasteiger partial charge >= 0.3 is 0 Å². The summed E-state index contributed by atoms with van der Waals surface area (Å²) in [6.07, 6.45) is 4.20. The maximum atomic E-state index is 15.0. The molecular formula is C27H26F2N6O. The Balaban J connectivity index is 1.28. The van der Waals surface area contributed by atoms with Gasteiger partial charge in [-0.2, -0.15) is 9.37 Å². The number of nitrogens with two attached hydrogens (primary N) is 1. The summed E-state index contributed by atoms with van der Waals surface area (Å²) in [4.78, 5) is 27.6. The van der Waals surface area contributed by atoms with Gasteiger partial charge in [-0.1, -0.05) is 12.1 Å². The van der Waals surface area contributed by atoms with Gasteiger partial charge in [-0.3, -0.25) is 9.69 Å². The number of H-pyrrole nitrogens is 1. The Bertz CT molecular complexity index is 1490. The van der Waals surface area contributed by atoms with Gasteiger partial charge in [0.2, 0.25) is 5.95 Å². The molecule has 0 atom stereocenters. The first-order valence-corrected chi connectivity index (χ1v) is 12.2. The minimum absolute atomic E-state index is 0.00888. The van der Waals surface area contributed by atoms with Crippen molar-refractivity contribution in [1.82, 2.24) is 19.9 Å². The van der Waals surface area contributed by atoms with Crippen molar-refractivity contribution in [3.05, 3.63) is 70.8 Å². The van der Waals surface area contributed by atoms with Crippen molar-refractivity contribution >= 4 is 22.3 Å². The highest BCUT2D eigenvalue weighted by Crippen LogP contribution is 2.33. The van der Waals surface area contributed by atoms with E-state index in [2.05, 4.69) is 24.8 Å². The van der Waals surface area contributed by atoms with Crippen molar-refractivity contribution < 1.29 is 8.78 Å². The van der Waals surface area contributed by atoms with Crippen LogP contribution >= 0.6 is 0 Å². The summed E-state index contributed by atoms with van der Waals surface area (Å²) in [7, 11) is 0. The van der Waals surface area contributed by atoms with E-state index in [0.29, 0.717) is 10.9 Å². The van der Waals surface area contributed by atoms with E-state index in [1.807, 2.05) is 12.1 Å². The Morgan fingerprint density at radius 2 is 1.72 bits per heavy atom. The number of nitrogens with zero attached hydrogens (tertiary/aromatic N) is 4. The lowest BCUT2D eigenvalue weighted by Crippen LogP contribution is -2.47. The van der Waals surface area contributed by atoms with Crippen LogP contribution in [0.15, 0.2) is 53.5 Å². The van der Waals surface area contributed by atoms with Crippen molar-refractivity contribution in [1.29, 1.82) is 0 Å². The van der Waals surface area contributed by atoms with Gasteiger partial charge in [0.25, 0.3) is 5.56 Å². The molecule has 3 N–H and O–H groups in total. The van der Waals surface area contributed by atoms with Crippen LogP contribution < -0.4 is 16.2 Å². The van der Waals surface area contributed by atoms with Crippen molar-refractivity contribution in [3.8, 4) is 22.5 Å². The van der Waals surface area contributed by atoms with Crippen LogP contribution in [0, 0.1) is 17.7 Å². The Hall–Kier alpha value is -3.85. The van der Waals surface area contributed by atoms with Crippen molar-refractivity contribution in [2.45, 2.75) is 12.8 Å². The topological polar surface area (TPSA) is 91.1 Å². The molecule has 2 aromatic carbocycles. The summed E-state index contributed by atoms with van der Waals surface area (Å²) in [5, 5.41) is 0.723. The lowest BCUT2D eigenvalue weighted by molar-refractivity contribution is 0.248. The largest absolute Gasteiger partial charge is 0.382 e. The third kappa shape index (κ3) is 4.30. The molecule has 0 amide bonds. The molecule has 4 aromatic rings. The third-order valence-electron chi connectivity index (χ3n) is 7.09. The molecule has 1 saturated carbocycles. The second-order valence-corrected chi connectivity index (χ2v) is 9.60. The fraction of sp³-hybridized carbons (Fsp3) is 0.296. The van der Waals surface area contributed by atoms with Crippen LogP contribution in [-0.2, 0) is 0 Å². The van der Waals surface area contributed by atoms with Crippen LogP contribution in [0.25, 0.3) is 33.3 Å². The highest BCUT2D eigenvalue weighted by molar-refractivity contribution is 5.88. The van der Waals surface area contributed by atoms with E-state index in [4.69, 9.17) is 5.73 Å². The quantitative estimate of drug-likeness (QED) is 0.441. The minimum atomic E-state index is -0.824. The zero-order valence-corrected chi connectivity index (χ0v) is 19.7. The van der Waals surface area contributed by atoms with Crippen LogP contribution in [0.1, 0.15) is 12.8 Å². The molecule has 1 aliphatic carbocycles. The molecule has 9 heteroatoms. The fourth-order valence-electron chi connectivity index (χ4n) is 4.88. The molecular weight excluding hydrogens is 462 g/mol. The molecule has 2 aliphatic rings. The number of aromatic nitrogens is 3. The van der Waals surface area contributed by atoms with Crippen LogP contribution in [-0.4, -0.2) is 52.6 Å². The average molecular weight is 489 g/mol. The number of aromatic amines is 1. The molecule has 0 spiro atoms. The van der Waals surface area contributed by atoms with Gasteiger partial charge in [-0.15, -0.1) is 0 Å². The molecule has 1 aliphatic heterocycles. The highest BCUT2D eigenvalue weighted by atomic mass is 19.1. The maximum absolute atomic E-state index is 15.0. The fourth-order valence-corrected chi connectivity index (χ4v) is 4.88. The van der Waals surface area contributed by atoms with E-state index in [0.717, 1.165) is 43.9 Å². The third-order valence-corrected chi connectivity index (χ3v) is 7.09. The zero-order valence-electron chi connectivity index (χ0n) is 19.7. The zero-order chi connectivity index (χ0) is 24.8. The first-order chi connectivity index (χ1) is 17.5. The number of hydrogen-bond acceptors (Lipinski definition) is 6. The predicted octanol–water partition coefficient (Wildman–Crippen LogP) is 4.04. The van der Waals surface area contributed by atoms with E-state index < -0.39 is 17.3 Å². The molecule has 2 fully saturated rings. The SMILES string of the molecule is Nc1nc(F)c(-c2ccc(N3CCN(CC4CC4)CC3)cc2)nc1-c1cc2cc[nH]c(=O)c2cc1F. The van der Waals surface area contributed by atoms with Crippen LogP contribution in [0.3, 0.4) is 0 Å². The number of anilines is 2. The average Bonchev–Trinajstić information content (AvgIpc) is 3.69. The Kier molecular flexibility index (Phi) is 5.64. The summed E-state index contributed by atoms with van der Waals surface area (Å²) < 4.78 is 29.8. The normalized spacial score (nSPS) is 16.6. The van der Waals surface area contributed by atoms with Gasteiger partial charge < -0.3 is 15.6 Å². The molecule has 1 saturated heterocycles. The molecule has 2 aromatic heterocycles. The summed E-state index contributed by atoms with van der Waals surface area (Å²) in [5.74, 6) is -0.841. The molecule has 3 heterocycles. The summed E-state index contributed by atoms with van der Waals surface area (Å²) in [6, 6.07) is 11.8. The van der Waals surface area contributed by atoms with Crippen molar-refractivity contribution in [2.75, 3.05) is 43.4 Å². The van der Waals surface area contributed by atoms with E-state index >= 15 is 0 Å². The molecule has 7 nitrogen and oxygen atoms in total. The van der Waals surface area contributed by atoms with Crippen molar-refractivity contribution in [3.63, 3.8) is 0 Å². The summed E-state index contributed by atoms with van der Waals surface area (Å²) in [5.41, 5.74) is 7.22. The standard InChI is InChI=1S/C27H26F2N6O/c28-22-14-20-18(7-8-31-27(20)36)13-21(22)24-26(30)33-25(29)23(32-24)17-3-5-19(6-4-17)35-11-9-34(10-12-35)15-16-1-2-16/h3-8,13-14,16H,1-2,9-12,15H2,(H2,30,33)(H,31,36). The van der Waals surface area contributed by atoms with Crippen LogP contribution in [0.5, 0.6) is 0 Å². The summed E-state index contributed by atoms with van der Waals surface area (Å²) >= 11 is 0. The van der Waals surface area contributed by atoms with Gasteiger partial charge in [-0.05, 0) is 54.5 Å². The van der Waals surface area contributed by atoms with Crippen molar-refractivity contribution in [2.24, 2.45) is 5.92 Å². The van der Waals surface area contributed by atoms with Gasteiger partial charge in [0, 0.05) is 61.1 Å². The Morgan fingerprint density at radius 1 is 0.972 bits per heavy atom. The second-order valence-electron chi connectivity index (χ2n) is 9.60. The smallest absolute Gasteiger partial charge is 0.255 e. The number of piperazine rings is 1. The van der Waals surface area contributed by atoms with Gasteiger partial charge in [0.05, 0.1) is 0 Å². The number of halogens is 2. The second kappa shape index (κ2) is 8.98. The van der Waals surface area contributed by atoms with E-state index in [1.54, 1.807) is 18.2 Å². The predicted molar refractivity (Wildman–Crippen MR) is 137 cm³/mol. The molecule has 0 unspecified atom stereocenters. The van der Waals surface area contributed by atoms with Gasteiger partial charge in [0.15, 0.2) is 5.82 Å². The molecule has 0 radical (unpaired) electrons. The molecule has 6 rings (SSSR count). The van der Waals surface area contributed by atoms with Gasteiger partial charge in [-0.25, -0.2) is 9.37 Å². The first kappa shape index (κ1) is 22.6. The van der Waals surface area contributed by atoms with Gasteiger partial charge in [0.1, 0.15) is 17.2 Å². The Labute approximate surface area is 206 Å². The number of hydrogen-bond donors (Lipinski definition) is 2. The number of rotatable bonds is 5.